The van der Waals surface area contributed by atoms with Gasteiger partial charge in [-0.05, 0) is 48.5 Å². The summed E-state index contributed by atoms with van der Waals surface area (Å²) in [5.41, 5.74) is 2.00. The molecule has 0 amide bonds. The van der Waals surface area contributed by atoms with Gasteiger partial charge in [0.15, 0.2) is 14.9 Å². The quantitative estimate of drug-likeness (QED) is 0.823. The first-order valence-corrected chi connectivity index (χ1v) is 9.14. The molecule has 0 aliphatic carbocycles. The van der Waals surface area contributed by atoms with Crippen LogP contribution in [0.4, 0.5) is 5.69 Å². The van der Waals surface area contributed by atoms with Crippen LogP contribution in [-0.4, -0.2) is 26.3 Å². The molecule has 116 valence electrons. The predicted molar refractivity (Wildman–Crippen MR) is 93.9 cm³/mol. The molecule has 6 heteroatoms. The third-order valence-corrected chi connectivity index (χ3v) is 4.46. The van der Waals surface area contributed by atoms with Crippen molar-refractivity contribution in [1.29, 1.82) is 0 Å². The third-order valence-electron chi connectivity index (χ3n) is 3.08. The van der Waals surface area contributed by atoms with Gasteiger partial charge in [-0.2, -0.15) is 0 Å². The largest absolute Gasteiger partial charge is 0.362 e. The van der Waals surface area contributed by atoms with Crippen molar-refractivity contribution in [3.63, 3.8) is 0 Å². The first kappa shape index (κ1) is 16.5. The summed E-state index contributed by atoms with van der Waals surface area (Å²) in [6.07, 6.45) is 1.97. The summed E-state index contributed by atoms with van der Waals surface area (Å²) in [5.74, 6) is 0. The molecule has 0 fully saturated rings. The van der Waals surface area contributed by atoms with Gasteiger partial charge in [0, 0.05) is 18.5 Å². The SMILES string of the molecule is CS(=O)(=O)c1ccc(CCNC(=S)Nc2ccccc2)cc1. The van der Waals surface area contributed by atoms with Crippen molar-refractivity contribution in [3.8, 4) is 0 Å². The Hall–Kier alpha value is -1.92. The summed E-state index contributed by atoms with van der Waals surface area (Å²) < 4.78 is 22.8. The van der Waals surface area contributed by atoms with E-state index >= 15 is 0 Å². The van der Waals surface area contributed by atoms with E-state index in [4.69, 9.17) is 12.2 Å². The van der Waals surface area contributed by atoms with E-state index in [1.165, 1.54) is 6.26 Å². The van der Waals surface area contributed by atoms with Gasteiger partial charge in [0.1, 0.15) is 0 Å². The second-order valence-corrected chi connectivity index (χ2v) is 7.34. The molecule has 4 nitrogen and oxygen atoms in total. The van der Waals surface area contributed by atoms with Crippen molar-refractivity contribution >= 4 is 32.9 Å². The maximum Gasteiger partial charge on any atom is 0.175 e. The van der Waals surface area contributed by atoms with E-state index in [0.717, 1.165) is 17.7 Å². The molecule has 0 spiro atoms. The molecule has 0 aromatic heterocycles. The fourth-order valence-electron chi connectivity index (χ4n) is 1.92. The van der Waals surface area contributed by atoms with Crippen LogP contribution in [0.5, 0.6) is 0 Å². The average molecular weight is 334 g/mol. The second-order valence-electron chi connectivity index (χ2n) is 4.91. The molecule has 0 aliphatic heterocycles. The highest BCUT2D eigenvalue weighted by Gasteiger charge is 2.06. The molecule has 0 aliphatic rings. The predicted octanol–water partition coefficient (Wildman–Crippen LogP) is 2.62. The van der Waals surface area contributed by atoms with Gasteiger partial charge >= 0.3 is 0 Å². The third kappa shape index (κ3) is 5.13. The molecule has 2 N–H and O–H groups in total. The highest BCUT2D eigenvalue weighted by molar-refractivity contribution is 7.90. The number of hydrogen-bond acceptors (Lipinski definition) is 3. The number of thiocarbonyl (C=S) groups is 1. The Morgan fingerprint density at radius 1 is 1.05 bits per heavy atom. The van der Waals surface area contributed by atoms with Gasteiger partial charge in [-0.1, -0.05) is 30.3 Å². The summed E-state index contributed by atoms with van der Waals surface area (Å²) in [6.45, 7) is 0.677. The Bertz CT molecular complexity index is 727. The molecule has 0 radical (unpaired) electrons. The summed E-state index contributed by atoms with van der Waals surface area (Å²) in [5, 5.41) is 6.79. The monoisotopic (exact) mass is 334 g/mol. The average Bonchev–Trinajstić information content (AvgIpc) is 2.48. The van der Waals surface area contributed by atoms with Crippen LogP contribution in [0, 0.1) is 0 Å². The van der Waals surface area contributed by atoms with Crippen molar-refractivity contribution in [2.24, 2.45) is 0 Å². The topological polar surface area (TPSA) is 58.2 Å². The smallest absolute Gasteiger partial charge is 0.175 e. The Kier molecular flexibility index (Phi) is 5.51. The highest BCUT2D eigenvalue weighted by atomic mass is 32.2. The Morgan fingerprint density at radius 3 is 2.27 bits per heavy atom. The fraction of sp³-hybridized carbons (Fsp3) is 0.188. The van der Waals surface area contributed by atoms with E-state index in [0.29, 0.717) is 16.6 Å². The Morgan fingerprint density at radius 2 is 1.68 bits per heavy atom. The van der Waals surface area contributed by atoms with Gasteiger partial charge in [0.05, 0.1) is 4.90 Å². The zero-order valence-corrected chi connectivity index (χ0v) is 13.9. The van der Waals surface area contributed by atoms with Gasteiger partial charge < -0.3 is 10.6 Å². The molecule has 2 aromatic carbocycles. The van der Waals surface area contributed by atoms with Crippen molar-refractivity contribution in [3.05, 3.63) is 60.2 Å². The second kappa shape index (κ2) is 7.38. The lowest BCUT2D eigenvalue weighted by atomic mass is 10.1. The summed E-state index contributed by atoms with van der Waals surface area (Å²) >= 11 is 5.22. The summed E-state index contributed by atoms with van der Waals surface area (Å²) in [6, 6.07) is 16.6. The Balaban J connectivity index is 1.80. The van der Waals surface area contributed by atoms with Gasteiger partial charge in [0.25, 0.3) is 0 Å². The van der Waals surface area contributed by atoms with E-state index in [1.54, 1.807) is 12.1 Å². The van der Waals surface area contributed by atoms with Crippen LogP contribution in [-0.2, 0) is 16.3 Å². The lowest BCUT2D eigenvalue weighted by molar-refractivity contribution is 0.602. The molecule has 22 heavy (non-hydrogen) atoms. The van der Waals surface area contributed by atoms with Gasteiger partial charge in [-0.25, -0.2) is 8.42 Å². The first-order valence-electron chi connectivity index (χ1n) is 6.84. The standard InChI is InChI=1S/C16H18N2O2S2/c1-22(19,20)15-9-7-13(8-10-15)11-12-17-16(21)18-14-5-3-2-4-6-14/h2-10H,11-12H2,1H3,(H2,17,18,21). The molecular formula is C16H18N2O2S2. The number of sulfone groups is 1. The van der Waals surface area contributed by atoms with E-state index < -0.39 is 9.84 Å². The normalized spacial score (nSPS) is 11.0. The first-order chi connectivity index (χ1) is 10.4. The molecule has 0 heterocycles. The van der Waals surface area contributed by atoms with Crippen LogP contribution in [0.2, 0.25) is 0 Å². The van der Waals surface area contributed by atoms with Crippen molar-refractivity contribution in [2.45, 2.75) is 11.3 Å². The molecular weight excluding hydrogens is 316 g/mol. The minimum atomic E-state index is -3.13. The number of para-hydroxylation sites is 1. The fourth-order valence-corrected chi connectivity index (χ4v) is 2.77. The number of anilines is 1. The van der Waals surface area contributed by atoms with Crippen molar-refractivity contribution in [1.82, 2.24) is 5.32 Å². The number of hydrogen-bond donors (Lipinski definition) is 2. The van der Waals surface area contributed by atoms with E-state index in [9.17, 15) is 8.42 Å². The van der Waals surface area contributed by atoms with Crippen LogP contribution in [0.1, 0.15) is 5.56 Å². The van der Waals surface area contributed by atoms with Crippen LogP contribution in [0.3, 0.4) is 0 Å². The molecule has 0 atom stereocenters. The lowest BCUT2D eigenvalue weighted by Gasteiger charge is -2.10. The summed E-state index contributed by atoms with van der Waals surface area (Å²) in [4.78, 5) is 0.338. The lowest BCUT2D eigenvalue weighted by Crippen LogP contribution is -2.30. The van der Waals surface area contributed by atoms with Crippen molar-refractivity contribution in [2.75, 3.05) is 18.1 Å². The number of rotatable bonds is 5. The zero-order valence-electron chi connectivity index (χ0n) is 12.2. The van der Waals surface area contributed by atoms with Crippen molar-refractivity contribution < 1.29 is 8.42 Å². The van der Waals surface area contributed by atoms with E-state index in [1.807, 2.05) is 42.5 Å². The minimum Gasteiger partial charge on any atom is -0.362 e. The maximum atomic E-state index is 11.4. The minimum absolute atomic E-state index is 0.338. The number of benzene rings is 2. The van der Waals surface area contributed by atoms with Gasteiger partial charge in [-0.15, -0.1) is 0 Å². The van der Waals surface area contributed by atoms with E-state index in [2.05, 4.69) is 10.6 Å². The maximum absolute atomic E-state index is 11.4. The molecule has 0 bridgehead atoms. The number of nitrogens with one attached hydrogen (secondary N) is 2. The molecule has 0 saturated carbocycles. The van der Waals surface area contributed by atoms with Gasteiger partial charge in [0.2, 0.25) is 0 Å². The molecule has 2 aromatic rings. The summed E-state index contributed by atoms with van der Waals surface area (Å²) in [7, 11) is -3.13. The zero-order chi connectivity index (χ0) is 16.0. The van der Waals surface area contributed by atoms with E-state index in [-0.39, 0.29) is 0 Å². The van der Waals surface area contributed by atoms with Crippen LogP contribution in [0.15, 0.2) is 59.5 Å². The molecule has 0 unspecified atom stereocenters. The highest BCUT2D eigenvalue weighted by Crippen LogP contribution is 2.10. The van der Waals surface area contributed by atoms with Crippen LogP contribution in [0.25, 0.3) is 0 Å². The van der Waals surface area contributed by atoms with Crippen LogP contribution >= 0.6 is 12.2 Å². The Labute approximate surface area is 136 Å². The molecule has 2 rings (SSSR count). The van der Waals surface area contributed by atoms with Crippen LogP contribution < -0.4 is 10.6 Å². The van der Waals surface area contributed by atoms with Gasteiger partial charge in [-0.3, -0.25) is 0 Å². The molecule has 0 saturated heterocycles.